The van der Waals surface area contributed by atoms with Crippen molar-refractivity contribution in [3.63, 3.8) is 0 Å². The van der Waals surface area contributed by atoms with Gasteiger partial charge in [0.1, 0.15) is 0 Å². The summed E-state index contributed by atoms with van der Waals surface area (Å²) in [6, 6.07) is 8.15. The smallest absolute Gasteiger partial charge is 0.224 e. The Kier molecular flexibility index (Phi) is 5.40. The number of nitrogens with two attached hydrogens (primary N) is 1. The van der Waals surface area contributed by atoms with Crippen LogP contribution in [0.5, 0.6) is 0 Å². The van der Waals surface area contributed by atoms with Gasteiger partial charge in [-0.2, -0.15) is 0 Å². The Labute approximate surface area is 123 Å². The molecule has 2 unspecified atom stereocenters. The second-order valence-corrected chi connectivity index (χ2v) is 6.18. The topological polar surface area (TPSA) is 55.1 Å². The summed E-state index contributed by atoms with van der Waals surface area (Å²) in [5, 5.41) is 3.15. The van der Waals surface area contributed by atoms with Crippen molar-refractivity contribution in [3.05, 3.63) is 34.3 Å². The Bertz CT molecular complexity index is 436. The first-order valence-corrected chi connectivity index (χ1v) is 7.72. The lowest BCUT2D eigenvalue weighted by atomic mass is 9.84. The molecule has 0 aromatic heterocycles. The largest absolute Gasteiger partial charge is 0.353 e. The van der Waals surface area contributed by atoms with Gasteiger partial charge in [-0.05, 0) is 43.0 Å². The van der Waals surface area contributed by atoms with Gasteiger partial charge < -0.3 is 11.1 Å². The molecule has 3 nitrogen and oxygen atoms in total. The SMILES string of the molecule is NCC1CCCCC1NC(=O)Cc1cccc(Br)c1. The molecule has 0 saturated heterocycles. The van der Waals surface area contributed by atoms with Crippen LogP contribution in [0.4, 0.5) is 0 Å². The Morgan fingerprint density at radius 1 is 1.37 bits per heavy atom. The van der Waals surface area contributed by atoms with Crippen molar-refractivity contribution in [2.75, 3.05) is 6.54 Å². The Morgan fingerprint density at radius 2 is 2.16 bits per heavy atom. The summed E-state index contributed by atoms with van der Waals surface area (Å²) < 4.78 is 1.01. The predicted molar refractivity (Wildman–Crippen MR) is 80.8 cm³/mol. The number of carbonyl (C=O) groups is 1. The van der Waals surface area contributed by atoms with Crippen molar-refractivity contribution < 1.29 is 4.79 Å². The summed E-state index contributed by atoms with van der Waals surface area (Å²) in [5.41, 5.74) is 6.82. The van der Waals surface area contributed by atoms with Crippen LogP contribution in [-0.2, 0) is 11.2 Å². The van der Waals surface area contributed by atoms with Crippen LogP contribution >= 0.6 is 15.9 Å². The van der Waals surface area contributed by atoms with E-state index >= 15 is 0 Å². The molecular weight excluding hydrogens is 304 g/mol. The zero-order valence-corrected chi connectivity index (χ0v) is 12.7. The molecule has 4 heteroatoms. The fraction of sp³-hybridized carbons (Fsp3) is 0.533. The van der Waals surface area contributed by atoms with E-state index in [1.54, 1.807) is 0 Å². The van der Waals surface area contributed by atoms with Crippen LogP contribution in [0.25, 0.3) is 0 Å². The normalized spacial score (nSPS) is 23.1. The molecule has 1 aromatic rings. The molecule has 0 spiro atoms. The number of halogens is 1. The molecular formula is C15H21BrN2O. The first-order chi connectivity index (χ1) is 9.19. The van der Waals surface area contributed by atoms with Gasteiger partial charge in [0.05, 0.1) is 6.42 Å². The summed E-state index contributed by atoms with van der Waals surface area (Å²) in [6.07, 6.45) is 5.07. The second-order valence-electron chi connectivity index (χ2n) is 5.26. The van der Waals surface area contributed by atoms with Crippen molar-refractivity contribution in [2.24, 2.45) is 11.7 Å². The third-order valence-corrected chi connectivity index (χ3v) is 4.31. The van der Waals surface area contributed by atoms with Gasteiger partial charge in [0.25, 0.3) is 0 Å². The molecule has 0 heterocycles. The maximum absolute atomic E-state index is 12.1. The monoisotopic (exact) mass is 324 g/mol. The molecule has 104 valence electrons. The third-order valence-electron chi connectivity index (χ3n) is 3.81. The minimum Gasteiger partial charge on any atom is -0.353 e. The highest BCUT2D eigenvalue weighted by molar-refractivity contribution is 9.10. The number of benzene rings is 1. The molecule has 0 aliphatic heterocycles. The summed E-state index contributed by atoms with van der Waals surface area (Å²) >= 11 is 3.42. The zero-order chi connectivity index (χ0) is 13.7. The lowest BCUT2D eigenvalue weighted by Crippen LogP contribution is -2.45. The van der Waals surface area contributed by atoms with E-state index in [-0.39, 0.29) is 11.9 Å². The third kappa shape index (κ3) is 4.32. The van der Waals surface area contributed by atoms with E-state index in [0.29, 0.717) is 18.9 Å². The van der Waals surface area contributed by atoms with Gasteiger partial charge in [-0.15, -0.1) is 0 Å². The van der Waals surface area contributed by atoms with E-state index in [2.05, 4.69) is 21.2 Å². The van der Waals surface area contributed by atoms with Crippen LogP contribution in [0.3, 0.4) is 0 Å². The lowest BCUT2D eigenvalue weighted by molar-refractivity contribution is -0.121. The lowest BCUT2D eigenvalue weighted by Gasteiger charge is -2.31. The highest BCUT2D eigenvalue weighted by Crippen LogP contribution is 2.23. The maximum Gasteiger partial charge on any atom is 0.224 e. The fourth-order valence-corrected chi connectivity index (χ4v) is 3.22. The minimum atomic E-state index is 0.100. The van der Waals surface area contributed by atoms with Crippen molar-refractivity contribution >= 4 is 21.8 Å². The number of amides is 1. The Balaban J connectivity index is 1.90. The van der Waals surface area contributed by atoms with Gasteiger partial charge in [-0.3, -0.25) is 4.79 Å². The van der Waals surface area contributed by atoms with Gasteiger partial charge in [-0.1, -0.05) is 40.9 Å². The fourth-order valence-electron chi connectivity index (χ4n) is 2.77. The zero-order valence-electron chi connectivity index (χ0n) is 11.1. The van der Waals surface area contributed by atoms with Gasteiger partial charge >= 0.3 is 0 Å². The molecule has 1 saturated carbocycles. The standard InChI is InChI=1S/C15H21BrN2O/c16-13-6-3-4-11(8-13)9-15(19)18-14-7-2-1-5-12(14)10-17/h3-4,6,8,12,14H,1-2,5,7,9-10,17H2,(H,18,19). The van der Waals surface area contributed by atoms with Gasteiger partial charge in [0.2, 0.25) is 5.91 Å². The summed E-state index contributed by atoms with van der Waals surface area (Å²) in [7, 11) is 0. The molecule has 1 aromatic carbocycles. The summed E-state index contributed by atoms with van der Waals surface area (Å²) in [5.74, 6) is 0.545. The Hall–Kier alpha value is -0.870. The Morgan fingerprint density at radius 3 is 2.89 bits per heavy atom. The van der Waals surface area contributed by atoms with E-state index in [1.807, 2.05) is 24.3 Å². The molecule has 0 bridgehead atoms. The van der Waals surface area contributed by atoms with Crippen LogP contribution < -0.4 is 11.1 Å². The van der Waals surface area contributed by atoms with Crippen LogP contribution in [0, 0.1) is 5.92 Å². The first kappa shape index (κ1) is 14.5. The van der Waals surface area contributed by atoms with Gasteiger partial charge in [0.15, 0.2) is 0 Å². The average molecular weight is 325 g/mol. The van der Waals surface area contributed by atoms with Crippen molar-refractivity contribution in [2.45, 2.75) is 38.1 Å². The maximum atomic E-state index is 12.1. The second kappa shape index (κ2) is 7.06. The summed E-state index contributed by atoms with van der Waals surface area (Å²) in [4.78, 5) is 12.1. The molecule has 2 rings (SSSR count). The molecule has 1 aliphatic carbocycles. The number of nitrogens with one attached hydrogen (secondary N) is 1. The van der Waals surface area contributed by atoms with Crippen LogP contribution in [0.2, 0.25) is 0 Å². The van der Waals surface area contributed by atoms with Crippen LogP contribution in [0.1, 0.15) is 31.2 Å². The van der Waals surface area contributed by atoms with E-state index < -0.39 is 0 Å². The quantitative estimate of drug-likeness (QED) is 0.894. The van der Waals surface area contributed by atoms with E-state index in [0.717, 1.165) is 22.9 Å². The number of hydrogen-bond acceptors (Lipinski definition) is 2. The van der Waals surface area contributed by atoms with E-state index in [4.69, 9.17) is 5.73 Å². The molecule has 1 amide bonds. The highest BCUT2D eigenvalue weighted by Gasteiger charge is 2.25. The summed E-state index contributed by atoms with van der Waals surface area (Å²) in [6.45, 7) is 0.668. The molecule has 19 heavy (non-hydrogen) atoms. The van der Waals surface area contributed by atoms with Crippen molar-refractivity contribution in [1.29, 1.82) is 0 Å². The molecule has 2 atom stereocenters. The van der Waals surface area contributed by atoms with Crippen molar-refractivity contribution in [3.8, 4) is 0 Å². The van der Waals surface area contributed by atoms with Gasteiger partial charge in [-0.25, -0.2) is 0 Å². The molecule has 3 N–H and O–H groups in total. The average Bonchev–Trinajstić information content (AvgIpc) is 2.39. The highest BCUT2D eigenvalue weighted by atomic mass is 79.9. The molecule has 1 aliphatic rings. The van der Waals surface area contributed by atoms with Crippen LogP contribution in [-0.4, -0.2) is 18.5 Å². The molecule has 1 fully saturated rings. The molecule has 0 radical (unpaired) electrons. The van der Waals surface area contributed by atoms with E-state index in [9.17, 15) is 4.79 Å². The van der Waals surface area contributed by atoms with Crippen LogP contribution in [0.15, 0.2) is 28.7 Å². The van der Waals surface area contributed by atoms with Gasteiger partial charge in [0, 0.05) is 10.5 Å². The van der Waals surface area contributed by atoms with E-state index in [1.165, 1.54) is 12.8 Å². The first-order valence-electron chi connectivity index (χ1n) is 6.93. The number of carbonyl (C=O) groups excluding carboxylic acids is 1. The van der Waals surface area contributed by atoms with Crippen molar-refractivity contribution in [1.82, 2.24) is 5.32 Å². The number of hydrogen-bond donors (Lipinski definition) is 2. The minimum absolute atomic E-state index is 0.100. The number of rotatable bonds is 4. The predicted octanol–water partition coefficient (Wildman–Crippen LogP) is 2.63.